The normalized spacial score (nSPS) is 39.0. The van der Waals surface area contributed by atoms with Gasteiger partial charge in [-0.2, -0.15) is 0 Å². The third-order valence-electron chi connectivity index (χ3n) is 2.31. The van der Waals surface area contributed by atoms with Gasteiger partial charge in [-0.15, -0.1) is 0 Å². The number of piperidine rings is 1. The lowest BCUT2D eigenvalue weighted by atomic mass is 10.1. The second-order valence-corrected chi connectivity index (χ2v) is 3.45. The van der Waals surface area contributed by atoms with Gasteiger partial charge in [-0.1, -0.05) is 0 Å². The third-order valence-corrected chi connectivity index (χ3v) is 2.31. The number of epoxide rings is 1. The maximum atomic E-state index is 12.8. The number of halogens is 1. The highest BCUT2D eigenvalue weighted by molar-refractivity contribution is 4.79. The molecule has 0 spiro atoms. The van der Waals surface area contributed by atoms with Gasteiger partial charge in [-0.3, -0.25) is 4.90 Å². The molecule has 2 saturated heterocycles. The van der Waals surface area contributed by atoms with Crippen LogP contribution in [-0.2, 0) is 4.74 Å². The predicted molar refractivity (Wildman–Crippen MR) is 40.3 cm³/mol. The summed E-state index contributed by atoms with van der Waals surface area (Å²) in [5.74, 6) is 0. The summed E-state index contributed by atoms with van der Waals surface area (Å²) in [6.45, 7) is 3.51. The number of likely N-dealkylation sites (tertiary alicyclic amines) is 1. The minimum atomic E-state index is -0.595. The van der Waals surface area contributed by atoms with Crippen molar-refractivity contribution in [2.24, 2.45) is 0 Å². The minimum Gasteiger partial charge on any atom is -0.372 e. The summed E-state index contributed by atoms with van der Waals surface area (Å²) in [6.07, 6.45) is 1.58. The lowest BCUT2D eigenvalue weighted by Gasteiger charge is -2.27. The smallest absolute Gasteiger partial charge is 0.113 e. The molecule has 2 nitrogen and oxygen atoms in total. The molecule has 0 aromatic heterocycles. The van der Waals surface area contributed by atoms with Gasteiger partial charge in [0.15, 0.2) is 0 Å². The van der Waals surface area contributed by atoms with Crippen molar-refractivity contribution in [3.63, 3.8) is 0 Å². The van der Waals surface area contributed by atoms with E-state index in [0.29, 0.717) is 12.6 Å². The number of nitrogens with zero attached hydrogens (tertiary/aromatic N) is 1. The van der Waals surface area contributed by atoms with E-state index in [9.17, 15) is 4.39 Å². The van der Waals surface area contributed by atoms with Gasteiger partial charge in [0.1, 0.15) is 6.17 Å². The molecule has 0 saturated carbocycles. The molecule has 1 unspecified atom stereocenters. The van der Waals surface area contributed by atoms with Crippen LogP contribution in [0.4, 0.5) is 4.39 Å². The average Bonchev–Trinajstić information content (AvgIpc) is 2.71. The van der Waals surface area contributed by atoms with E-state index in [1.165, 1.54) is 0 Å². The summed E-state index contributed by atoms with van der Waals surface area (Å²) >= 11 is 0. The second-order valence-electron chi connectivity index (χ2n) is 3.45. The molecule has 2 aliphatic heterocycles. The fraction of sp³-hybridized carbons (Fsp3) is 1.00. The van der Waals surface area contributed by atoms with Gasteiger partial charge in [0, 0.05) is 13.1 Å². The van der Waals surface area contributed by atoms with Crippen molar-refractivity contribution in [3.8, 4) is 0 Å². The molecular weight excluding hydrogens is 145 g/mol. The number of hydrogen-bond acceptors (Lipinski definition) is 2. The summed E-state index contributed by atoms with van der Waals surface area (Å²) in [5, 5.41) is 0. The van der Waals surface area contributed by atoms with E-state index in [1.54, 1.807) is 0 Å². The van der Waals surface area contributed by atoms with E-state index < -0.39 is 6.17 Å². The molecule has 2 fully saturated rings. The summed E-state index contributed by atoms with van der Waals surface area (Å²) < 4.78 is 17.9. The lowest BCUT2D eigenvalue weighted by Crippen LogP contribution is -2.38. The Kier molecular flexibility index (Phi) is 2.09. The molecular formula is C8H14FNO. The first-order chi connectivity index (χ1) is 5.34. The highest BCUT2D eigenvalue weighted by atomic mass is 19.1. The number of ether oxygens (including phenoxy) is 1. The first-order valence-electron chi connectivity index (χ1n) is 4.32. The molecule has 2 heterocycles. The number of rotatable bonds is 2. The van der Waals surface area contributed by atoms with Gasteiger partial charge in [0.05, 0.1) is 12.7 Å². The van der Waals surface area contributed by atoms with Gasteiger partial charge in [-0.05, 0) is 19.4 Å². The average molecular weight is 159 g/mol. The molecule has 0 N–H and O–H groups in total. The quantitative estimate of drug-likeness (QED) is 0.554. The van der Waals surface area contributed by atoms with Crippen molar-refractivity contribution in [1.29, 1.82) is 0 Å². The Hall–Kier alpha value is -0.150. The van der Waals surface area contributed by atoms with Gasteiger partial charge in [0.25, 0.3) is 0 Å². The molecule has 2 aliphatic rings. The van der Waals surface area contributed by atoms with Crippen LogP contribution in [0.3, 0.4) is 0 Å². The first-order valence-corrected chi connectivity index (χ1v) is 4.32. The Labute approximate surface area is 66.3 Å². The molecule has 64 valence electrons. The first kappa shape index (κ1) is 7.50. The van der Waals surface area contributed by atoms with Crippen LogP contribution >= 0.6 is 0 Å². The zero-order valence-electron chi connectivity index (χ0n) is 6.63. The molecule has 0 aliphatic carbocycles. The van der Waals surface area contributed by atoms with Crippen LogP contribution in [0.25, 0.3) is 0 Å². The maximum absolute atomic E-state index is 12.8. The molecule has 0 aromatic carbocycles. The van der Waals surface area contributed by atoms with E-state index in [-0.39, 0.29) is 0 Å². The van der Waals surface area contributed by atoms with Crippen molar-refractivity contribution in [3.05, 3.63) is 0 Å². The largest absolute Gasteiger partial charge is 0.372 e. The Bertz CT molecular complexity index is 136. The molecule has 2 rings (SSSR count). The molecule has 0 amide bonds. The molecule has 11 heavy (non-hydrogen) atoms. The Balaban J connectivity index is 1.73. The Morgan fingerprint density at radius 1 is 1.55 bits per heavy atom. The van der Waals surface area contributed by atoms with Crippen LogP contribution in [-0.4, -0.2) is 43.4 Å². The minimum absolute atomic E-state index is 0.417. The van der Waals surface area contributed by atoms with Gasteiger partial charge in [-0.25, -0.2) is 4.39 Å². The zero-order valence-corrected chi connectivity index (χ0v) is 6.63. The SMILES string of the molecule is FC1CCCN(C[C@H]2CO2)C1. The van der Waals surface area contributed by atoms with Crippen molar-refractivity contribution in [2.75, 3.05) is 26.2 Å². The second kappa shape index (κ2) is 3.07. The fourth-order valence-corrected chi connectivity index (χ4v) is 1.63. The van der Waals surface area contributed by atoms with Crippen molar-refractivity contribution >= 4 is 0 Å². The van der Waals surface area contributed by atoms with Crippen molar-refractivity contribution < 1.29 is 9.13 Å². The van der Waals surface area contributed by atoms with Crippen LogP contribution in [0.15, 0.2) is 0 Å². The summed E-state index contributed by atoms with van der Waals surface area (Å²) in [4.78, 5) is 2.17. The predicted octanol–water partition coefficient (Wildman–Crippen LogP) is 0.819. The zero-order chi connectivity index (χ0) is 7.68. The topological polar surface area (TPSA) is 15.8 Å². The van der Waals surface area contributed by atoms with Gasteiger partial charge >= 0.3 is 0 Å². The summed E-state index contributed by atoms with van der Waals surface area (Å²) in [7, 11) is 0. The highest BCUT2D eigenvalue weighted by Crippen LogP contribution is 2.17. The van der Waals surface area contributed by atoms with Gasteiger partial charge < -0.3 is 4.74 Å². The monoisotopic (exact) mass is 159 g/mol. The fourth-order valence-electron chi connectivity index (χ4n) is 1.63. The summed E-state index contributed by atoms with van der Waals surface area (Å²) in [5.41, 5.74) is 0. The van der Waals surface area contributed by atoms with Crippen LogP contribution in [0.1, 0.15) is 12.8 Å². The van der Waals surface area contributed by atoms with Crippen LogP contribution in [0, 0.1) is 0 Å². The van der Waals surface area contributed by atoms with Crippen LogP contribution in [0.2, 0.25) is 0 Å². The van der Waals surface area contributed by atoms with E-state index >= 15 is 0 Å². The molecule has 0 radical (unpaired) electrons. The lowest BCUT2D eigenvalue weighted by molar-refractivity contribution is 0.130. The molecule has 3 heteroatoms. The van der Waals surface area contributed by atoms with Crippen molar-refractivity contribution in [2.45, 2.75) is 25.1 Å². The van der Waals surface area contributed by atoms with E-state index in [1.807, 2.05) is 0 Å². The van der Waals surface area contributed by atoms with Crippen molar-refractivity contribution in [1.82, 2.24) is 4.90 Å². The molecule has 0 bridgehead atoms. The molecule has 2 atom stereocenters. The van der Waals surface area contributed by atoms with E-state index in [2.05, 4.69) is 4.90 Å². The number of alkyl halides is 1. The Morgan fingerprint density at radius 2 is 2.36 bits per heavy atom. The van der Waals surface area contributed by atoms with Crippen LogP contribution in [0.5, 0.6) is 0 Å². The van der Waals surface area contributed by atoms with E-state index in [0.717, 1.165) is 32.5 Å². The maximum Gasteiger partial charge on any atom is 0.113 e. The number of hydrogen-bond donors (Lipinski definition) is 0. The third kappa shape index (κ3) is 2.14. The molecule has 0 aromatic rings. The highest BCUT2D eigenvalue weighted by Gasteiger charge is 2.28. The van der Waals surface area contributed by atoms with Gasteiger partial charge in [0.2, 0.25) is 0 Å². The van der Waals surface area contributed by atoms with E-state index in [4.69, 9.17) is 4.74 Å². The standard InChI is InChI=1S/C8H14FNO/c9-7-2-1-3-10(4-7)5-8-6-11-8/h7-8H,1-6H2/t7?,8-/m0/s1. The summed E-state index contributed by atoms with van der Waals surface area (Å²) in [6, 6.07) is 0. The van der Waals surface area contributed by atoms with Crippen LogP contribution < -0.4 is 0 Å². The Morgan fingerprint density at radius 3 is 3.00 bits per heavy atom.